The van der Waals surface area contributed by atoms with Crippen LogP contribution in [0.4, 0.5) is 28.7 Å². The van der Waals surface area contributed by atoms with Crippen molar-refractivity contribution in [2.45, 2.75) is 50.2 Å². The fourth-order valence-corrected chi connectivity index (χ4v) is 6.97. The highest BCUT2D eigenvalue weighted by molar-refractivity contribution is 6.02. The summed E-state index contributed by atoms with van der Waals surface area (Å²) in [6, 6.07) is 17.4. The molecule has 2 aromatic carbocycles. The molecule has 244 valence electrons. The zero-order chi connectivity index (χ0) is 32.0. The van der Waals surface area contributed by atoms with E-state index < -0.39 is 0 Å². The summed E-state index contributed by atoms with van der Waals surface area (Å²) in [5.41, 5.74) is 3.48. The van der Waals surface area contributed by atoms with E-state index in [4.69, 9.17) is 9.57 Å². The second kappa shape index (κ2) is 14.5. The van der Waals surface area contributed by atoms with Crippen LogP contribution in [0.1, 0.15) is 43.7 Å². The molecule has 0 unspecified atom stereocenters. The lowest BCUT2D eigenvalue weighted by atomic mass is 9.97. The topological polar surface area (TPSA) is 98.3 Å². The number of likely N-dealkylation sites (tertiary alicyclic amines) is 1. The normalized spacial score (nSPS) is 19.8. The zero-order valence-electron chi connectivity index (χ0n) is 27.2. The highest BCUT2D eigenvalue weighted by Gasteiger charge is 2.31. The van der Waals surface area contributed by atoms with E-state index in [0.29, 0.717) is 47.5 Å². The molecule has 6 rings (SSSR count). The van der Waals surface area contributed by atoms with Crippen molar-refractivity contribution < 1.29 is 14.4 Å². The molecule has 1 atom stereocenters. The molecule has 11 heteroatoms. The standard InChI is InChI=1S/C35H46N8O3/c1-5-35(44)39-28-21-29(38-33-23-34(37-24-36-33)43-30(15-20-46-43)25-9-7-6-8-10-25)32(45-4)22-31(28)42-18-13-27(14-19-42)41-16-11-26(12-17-41)40(2)3/h5-10,21-24,26-27,30H,1,11-20H2,2-4H3,(H,39,44)(H,36,37,38)/t30-/m1/s1. The predicted molar refractivity (Wildman–Crippen MR) is 183 cm³/mol. The molecule has 0 aliphatic carbocycles. The molecule has 46 heavy (non-hydrogen) atoms. The lowest BCUT2D eigenvalue weighted by Crippen LogP contribution is -2.50. The van der Waals surface area contributed by atoms with Crippen LogP contribution in [-0.2, 0) is 9.63 Å². The Hall–Kier alpha value is -4.19. The van der Waals surface area contributed by atoms with Crippen molar-refractivity contribution in [3.8, 4) is 5.75 Å². The van der Waals surface area contributed by atoms with Crippen LogP contribution in [0.25, 0.3) is 0 Å². The quantitative estimate of drug-likeness (QED) is 0.291. The smallest absolute Gasteiger partial charge is 0.247 e. The van der Waals surface area contributed by atoms with E-state index in [1.807, 2.05) is 41.5 Å². The zero-order valence-corrected chi connectivity index (χ0v) is 27.2. The van der Waals surface area contributed by atoms with E-state index in [1.54, 1.807) is 7.11 Å². The van der Waals surface area contributed by atoms with E-state index in [1.165, 1.54) is 30.8 Å². The molecule has 1 amide bonds. The van der Waals surface area contributed by atoms with E-state index in [2.05, 4.69) is 68.1 Å². The Morgan fingerprint density at radius 3 is 2.46 bits per heavy atom. The van der Waals surface area contributed by atoms with Crippen LogP contribution in [0.15, 0.2) is 67.5 Å². The molecule has 2 N–H and O–H groups in total. The van der Waals surface area contributed by atoms with Gasteiger partial charge in [-0.25, -0.2) is 15.0 Å². The number of aromatic nitrogens is 2. The summed E-state index contributed by atoms with van der Waals surface area (Å²) in [7, 11) is 6.03. The molecule has 0 radical (unpaired) electrons. The van der Waals surface area contributed by atoms with Gasteiger partial charge in [0.25, 0.3) is 0 Å². The van der Waals surface area contributed by atoms with Crippen molar-refractivity contribution in [3.05, 3.63) is 73.1 Å². The SMILES string of the molecule is C=CC(=O)Nc1cc(Nc2cc(N3OCC[C@@H]3c3ccccc3)ncn2)c(OC)cc1N1CCC(N2CCC(N(C)C)CC2)CC1. The molecule has 3 aliphatic rings. The van der Waals surface area contributed by atoms with Crippen LogP contribution in [-0.4, -0.2) is 91.7 Å². The second-order valence-electron chi connectivity index (χ2n) is 12.5. The van der Waals surface area contributed by atoms with Crippen LogP contribution >= 0.6 is 0 Å². The van der Waals surface area contributed by atoms with Gasteiger partial charge in [0.1, 0.15) is 17.9 Å². The first-order chi connectivity index (χ1) is 22.4. The number of ether oxygens (including phenoxy) is 1. The molecule has 11 nitrogen and oxygen atoms in total. The van der Waals surface area contributed by atoms with Gasteiger partial charge < -0.3 is 30.1 Å². The summed E-state index contributed by atoms with van der Waals surface area (Å²) in [5.74, 6) is 1.63. The first-order valence-corrected chi connectivity index (χ1v) is 16.3. The molecule has 0 bridgehead atoms. The van der Waals surface area contributed by atoms with E-state index in [9.17, 15) is 4.79 Å². The molecular formula is C35H46N8O3. The van der Waals surface area contributed by atoms with Gasteiger partial charge >= 0.3 is 0 Å². The number of rotatable bonds is 10. The van der Waals surface area contributed by atoms with Crippen molar-refractivity contribution >= 4 is 34.6 Å². The van der Waals surface area contributed by atoms with Crippen LogP contribution in [0.3, 0.4) is 0 Å². The van der Waals surface area contributed by atoms with Gasteiger partial charge in [-0.1, -0.05) is 36.9 Å². The predicted octanol–water partition coefficient (Wildman–Crippen LogP) is 5.23. The summed E-state index contributed by atoms with van der Waals surface area (Å²) in [4.78, 5) is 34.9. The Balaban J connectivity index is 1.20. The molecule has 3 saturated heterocycles. The van der Waals surface area contributed by atoms with Gasteiger partial charge in [0, 0.05) is 43.7 Å². The lowest BCUT2D eigenvalue weighted by molar-refractivity contribution is -0.111. The number of carbonyl (C=O) groups excluding carboxylic acids is 1. The average molecular weight is 627 g/mol. The molecule has 3 fully saturated rings. The number of amides is 1. The van der Waals surface area contributed by atoms with Gasteiger partial charge in [0.2, 0.25) is 5.91 Å². The molecule has 3 aliphatic heterocycles. The van der Waals surface area contributed by atoms with Crippen molar-refractivity contribution in [3.63, 3.8) is 0 Å². The van der Waals surface area contributed by atoms with Gasteiger partial charge in [0.05, 0.1) is 36.8 Å². The van der Waals surface area contributed by atoms with Crippen molar-refractivity contribution in [1.29, 1.82) is 0 Å². The third-order valence-electron chi connectivity index (χ3n) is 9.54. The molecule has 1 aromatic heterocycles. The third-order valence-corrected chi connectivity index (χ3v) is 9.54. The number of carbonyl (C=O) groups is 1. The molecule has 0 spiro atoms. The Bertz CT molecular complexity index is 1490. The summed E-state index contributed by atoms with van der Waals surface area (Å²) < 4.78 is 5.87. The van der Waals surface area contributed by atoms with Gasteiger partial charge in [-0.05, 0) is 70.6 Å². The first-order valence-electron chi connectivity index (χ1n) is 16.3. The summed E-state index contributed by atoms with van der Waals surface area (Å²) in [6.07, 6.45) is 8.29. The second-order valence-corrected chi connectivity index (χ2v) is 12.5. The van der Waals surface area contributed by atoms with E-state index >= 15 is 0 Å². The van der Waals surface area contributed by atoms with Crippen LogP contribution < -0.4 is 25.3 Å². The minimum atomic E-state index is -0.265. The number of nitrogens with zero attached hydrogens (tertiary/aromatic N) is 6. The Morgan fingerprint density at radius 1 is 1.00 bits per heavy atom. The number of benzene rings is 2. The monoisotopic (exact) mass is 626 g/mol. The fourth-order valence-electron chi connectivity index (χ4n) is 6.97. The van der Waals surface area contributed by atoms with Crippen LogP contribution in [0.2, 0.25) is 0 Å². The van der Waals surface area contributed by atoms with Crippen molar-refractivity contribution in [1.82, 2.24) is 19.8 Å². The minimum absolute atomic E-state index is 0.0625. The largest absolute Gasteiger partial charge is 0.494 e. The van der Waals surface area contributed by atoms with Crippen molar-refractivity contribution in [2.24, 2.45) is 0 Å². The number of piperidine rings is 2. The Kier molecular flexibility index (Phi) is 10.0. The highest BCUT2D eigenvalue weighted by Crippen LogP contribution is 2.40. The van der Waals surface area contributed by atoms with Gasteiger partial charge in [-0.2, -0.15) is 0 Å². The van der Waals surface area contributed by atoms with Gasteiger partial charge in [-0.15, -0.1) is 0 Å². The third kappa shape index (κ3) is 7.11. The van der Waals surface area contributed by atoms with Crippen molar-refractivity contribution in [2.75, 3.05) is 74.6 Å². The Morgan fingerprint density at radius 2 is 1.76 bits per heavy atom. The first kappa shape index (κ1) is 31.8. The Labute approximate surface area is 272 Å². The maximum absolute atomic E-state index is 12.6. The van der Waals surface area contributed by atoms with Gasteiger partial charge in [-0.3, -0.25) is 9.63 Å². The number of methoxy groups -OCH3 is 1. The maximum atomic E-state index is 12.6. The highest BCUT2D eigenvalue weighted by atomic mass is 16.7. The fraction of sp³-hybridized carbons (Fsp3) is 0.457. The lowest BCUT2D eigenvalue weighted by Gasteiger charge is -2.43. The number of hydrogen-bond donors (Lipinski definition) is 2. The van der Waals surface area contributed by atoms with Crippen LogP contribution in [0, 0.1) is 0 Å². The minimum Gasteiger partial charge on any atom is -0.494 e. The molecule has 3 aromatic rings. The summed E-state index contributed by atoms with van der Waals surface area (Å²) >= 11 is 0. The number of hydrogen-bond acceptors (Lipinski definition) is 10. The maximum Gasteiger partial charge on any atom is 0.247 e. The molecule has 4 heterocycles. The summed E-state index contributed by atoms with van der Waals surface area (Å²) in [5, 5.41) is 8.29. The average Bonchev–Trinajstić information content (AvgIpc) is 3.59. The van der Waals surface area contributed by atoms with Gasteiger partial charge in [0.15, 0.2) is 5.82 Å². The summed E-state index contributed by atoms with van der Waals surface area (Å²) in [6.45, 7) is 8.40. The number of nitrogens with one attached hydrogen (secondary N) is 2. The number of hydroxylamine groups is 1. The van der Waals surface area contributed by atoms with E-state index in [0.717, 1.165) is 51.1 Å². The van der Waals surface area contributed by atoms with Crippen LogP contribution in [0.5, 0.6) is 5.75 Å². The molecule has 0 saturated carbocycles. The van der Waals surface area contributed by atoms with E-state index in [-0.39, 0.29) is 11.9 Å². The molecular weight excluding hydrogens is 580 g/mol. The number of anilines is 5.